The van der Waals surface area contributed by atoms with Gasteiger partial charge in [-0.15, -0.1) is 11.3 Å². The number of carboxylic acids is 1. The molecule has 1 unspecified atom stereocenters. The SMILES string of the molecule is CCC1(C(=O)O)CCCN1c1nc(-c2ccccc2)cs1. The van der Waals surface area contributed by atoms with Gasteiger partial charge in [-0.1, -0.05) is 37.3 Å². The van der Waals surface area contributed by atoms with Crippen LogP contribution in [-0.2, 0) is 4.79 Å². The minimum absolute atomic E-state index is 0.600. The molecular weight excluding hydrogens is 284 g/mol. The summed E-state index contributed by atoms with van der Waals surface area (Å²) in [6.45, 7) is 2.71. The summed E-state index contributed by atoms with van der Waals surface area (Å²) in [5.41, 5.74) is 1.20. The minimum atomic E-state index is -0.786. The summed E-state index contributed by atoms with van der Waals surface area (Å²) in [6.07, 6.45) is 2.20. The molecule has 0 aliphatic carbocycles. The Balaban J connectivity index is 1.94. The summed E-state index contributed by atoms with van der Waals surface area (Å²) in [5.74, 6) is -0.737. The molecule has 1 aliphatic heterocycles. The molecule has 0 bridgehead atoms. The predicted octanol–water partition coefficient (Wildman–Crippen LogP) is 3.64. The maximum absolute atomic E-state index is 11.8. The highest BCUT2D eigenvalue weighted by Crippen LogP contribution is 2.39. The van der Waals surface area contributed by atoms with E-state index in [4.69, 9.17) is 0 Å². The molecule has 1 N–H and O–H groups in total. The van der Waals surface area contributed by atoms with Crippen LogP contribution >= 0.6 is 11.3 Å². The normalized spacial score (nSPS) is 21.7. The van der Waals surface area contributed by atoms with E-state index < -0.39 is 11.5 Å². The first-order valence-electron chi connectivity index (χ1n) is 7.19. The lowest BCUT2D eigenvalue weighted by Crippen LogP contribution is -2.50. The molecular formula is C16H18N2O2S. The van der Waals surface area contributed by atoms with Crippen LogP contribution in [0.4, 0.5) is 5.13 Å². The fraction of sp³-hybridized carbons (Fsp3) is 0.375. The molecule has 2 heterocycles. The Hall–Kier alpha value is -1.88. The van der Waals surface area contributed by atoms with Crippen molar-refractivity contribution < 1.29 is 9.90 Å². The van der Waals surface area contributed by atoms with Crippen molar-refractivity contribution in [2.24, 2.45) is 0 Å². The molecule has 1 saturated heterocycles. The van der Waals surface area contributed by atoms with Gasteiger partial charge in [-0.05, 0) is 19.3 Å². The molecule has 1 aromatic carbocycles. The maximum atomic E-state index is 11.8. The molecule has 0 saturated carbocycles. The molecule has 110 valence electrons. The van der Waals surface area contributed by atoms with Crippen LogP contribution in [0.15, 0.2) is 35.7 Å². The summed E-state index contributed by atoms with van der Waals surface area (Å²) in [5, 5.41) is 12.5. The van der Waals surface area contributed by atoms with E-state index >= 15 is 0 Å². The molecule has 1 aliphatic rings. The number of aromatic nitrogens is 1. The number of anilines is 1. The minimum Gasteiger partial charge on any atom is -0.479 e. The summed E-state index contributed by atoms with van der Waals surface area (Å²) in [7, 11) is 0. The summed E-state index contributed by atoms with van der Waals surface area (Å²) in [6, 6.07) is 9.99. The van der Waals surface area contributed by atoms with Gasteiger partial charge in [0.05, 0.1) is 5.69 Å². The van der Waals surface area contributed by atoms with Crippen LogP contribution < -0.4 is 4.90 Å². The third kappa shape index (κ3) is 2.31. The highest BCUT2D eigenvalue weighted by Gasteiger charge is 2.47. The van der Waals surface area contributed by atoms with Crippen molar-refractivity contribution in [1.82, 2.24) is 4.98 Å². The maximum Gasteiger partial charge on any atom is 0.329 e. The second kappa shape index (κ2) is 5.48. The van der Waals surface area contributed by atoms with Gasteiger partial charge in [-0.3, -0.25) is 0 Å². The van der Waals surface area contributed by atoms with Crippen LogP contribution in [0.3, 0.4) is 0 Å². The van der Waals surface area contributed by atoms with Gasteiger partial charge in [-0.2, -0.15) is 0 Å². The molecule has 1 atom stereocenters. The Labute approximate surface area is 128 Å². The summed E-state index contributed by atoms with van der Waals surface area (Å²) < 4.78 is 0. The van der Waals surface area contributed by atoms with E-state index in [1.165, 1.54) is 11.3 Å². The highest BCUT2D eigenvalue weighted by molar-refractivity contribution is 7.14. The largest absolute Gasteiger partial charge is 0.479 e. The van der Waals surface area contributed by atoms with Crippen molar-refractivity contribution in [1.29, 1.82) is 0 Å². The summed E-state index contributed by atoms with van der Waals surface area (Å²) >= 11 is 1.53. The van der Waals surface area contributed by atoms with Crippen LogP contribution in [-0.4, -0.2) is 28.1 Å². The molecule has 4 nitrogen and oxygen atoms in total. The van der Waals surface area contributed by atoms with Gasteiger partial charge >= 0.3 is 5.97 Å². The quantitative estimate of drug-likeness (QED) is 0.936. The van der Waals surface area contributed by atoms with Gasteiger partial charge in [-0.25, -0.2) is 9.78 Å². The van der Waals surface area contributed by atoms with Crippen LogP contribution in [0, 0.1) is 0 Å². The third-order valence-electron chi connectivity index (χ3n) is 4.26. The standard InChI is InChI=1S/C16H18N2O2S/c1-2-16(14(19)20)9-6-10-18(16)15-17-13(11-21-15)12-7-4-3-5-8-12/h3-5,7-8,11H,2,6,9-10H2,1H3,(H,19,20). The topological polar surface area (TPSA) is 53.4 Å². The lowest BCUT2D eigenvalue weighted by atomic mass is 9.93. The Bertz CT molecular complexity index is 641. The Morgan fingerprint density at radius 1 is 1.43 bits per heavy atom. The van der Waals surface area contributed by atoms with Crippen LogP contribution in [0.1, 0.15) is 26.2 Å². The fourth-order valence-electron chi connectivity index (χ4n) is 3.03. The van der Waals surface area contributed by atoms with E-state index in [2.05, 4.69) is 4.98 Å². The molecule has 5 heteroatoms. The lowest BCUT2D eigenvalue weighted by molar-refractivity contribution is -0.143. The number of aliphatic carboxylic acids is 1. The number of carbonyl (C=O) groups is 1. The number of hydrogen-bond donors (Lipinski definition) is 1. The van der Waals surface area contributed by atoms with Crippen molar-refractivity contribution in [2.45, 2.75) is 31.7 Å². The predicted molar refractivity (Wildman–Crippen MR) is 84.8 cm³/mol. The average Bonchev–Trinajstić information content (AvgIpc) is 3.15. The number of rotatable bonds is 4. The Morgan fingerprint density at radius 2 is 2.19 bits per heavy atom. The molecule has 0 radical (unpaired) electrons. The monoisotopic (exact) mass is 302 g/mol. The van der Waals surface area contributed by atoms with E-state index in [9.17, 15) is 9.90 Å². The molecule has 0 spiro atoms. The lowest BCUT2D eigenvalue weighted by Gasteiger charge is -2.33. The molecule has 21 heavy (non-hydrogen) atoms. The van der Waals surface area contributed by atoms with Crippen molar-refractivity contribution in [3.63, 3.8) is 0 Å². The molecule has 1 aromatic heterocycles. The Morgan fingerprint density at radius 3 is 2.86 bits per heavy atom. The van der Waals surface area contributed by atoms with E-state index in [1.807, 2.05) is 47.5 Å². The van der Waals surface area contributed by atoms with Gasteiger partial charge in [0.25, 0.3) is 0 Å². The zero-order chi connectivity index (χ0) is 14.9. The summed E-state index contributed by atoms with van der Waals surface area (Å²) in [4.78, 5) is 18.4. The zero-order valence-electron chi connectivity index (χ0n) is 12.0. The second-order valence-corrected chi connectivity index (χ2v) is 6.16. The van der Waals surface area contributed by atoms with Crippen molar-refractivity contribution in [3.8, 4) is 11.3 Å². The van der Waals surface area contributed by atoms with Crippen molar-refractivity contribution >= 4 is 22.4 Å². The smallest absolute Gasteiger partial charge is 0.329 e. The molecule has 2 aromatic rings. The number of benzene rings is 1. The average molecular weight is 302 g/mol. The Kier molecular flexibility index (Phi) is 3.68. The number of thiazole rings is 1. The van der Waals surface area contributed by atoms with E-state index in [0.717, 1.165) is 29.4 Å². The van der Waals surface area contributed by atoms with E-state index in [-0.39, 0.29) is 0 Å². The van der Waals surface area contributed by atoms with Crippen molar-refractivity contribution in [2.75, 3.05) is 11.4 Å². The fourth-order valence-corrected chi connectivity index (χ4v) is 3.98. The van der Waals surface area contributed by atoms with Gasteiger partial charge < -0.3 is 10.0 Å². The highest BCUT2D eigenvalue weighted by atomic mass is 32.1. The van der Waals surface area contributed by atoms with E-state index in [0.29, 0.717) is 12.8 Å². The van der Waals surface area contributed by atoms with Gasteiger partial charge in [0.15, 0.2) is 5.13 Å². The van der Waals surface area contributed by atoms with Gasteiger partial charge in [0.2, 0.25) is 0 Å². The first-order valence-corrected chi connectivity index (χ1v) is 8.07. The number of carboxylic acid groups (broad SMARTS) is 1. The first kappa shape index (κ1) is 14.1. The molecule has 3 rings (SSSR count). The van der Waals surface area contributed by atoms with Crippen LogP contribution in [0.5, 0.6) is 0 Å². The zero-order valence-corrected chi connectivity index (χ0v) is 12.8. The van der Waals surface area contributed by atoms with Gasteiger partial charge in [0, 0.05) is 17.5 Å². The molecule has 1 fully saturated rings. The third-order valence-corrected chi connectivity index (χ3v) is 5.13. The number of hydrogen-bond acceptors (Lipinski definition) is 4. The van der Waals surface area contributed by atoms with Crippen LogP contribution in [0.2, 0.25) is 0 Å². The molecule has 0 amide bonds. The number of nitrogens with zero attached hydrogens (tertiary/aromatic N) is 2. The van der Waals surface area contributed by atoms with Gasteiger partial charge in [0.1, 0.15) is 5.54 Å². The second-order valence-electron chi connectivity index (χ2n) is 5.33. The first-order chi connectivity index (χ1) is 10.2. The van der Waals surface area contributed by atoms with E-state index in [1.54, 1.807) is 0 Å². The van der Waals surface area contributed by atoms with Crippen LogP contribution in [0.25, 0.3) is 11.3 Å². The van der Waals surface area contributed by atoms with Crippen molar-refractivity contribution in [3.05, 3.63) is 35.7 Å².